The molecule has 25 heavy (non-hydrogen) atoms. The summed E-state index contributed by atoms with van der Waals surface area (Å²) >= 11 is 7.47. The number of thiophene rings is 1. The highest BCUT2D eigenvalue weighted by atomic mass is 35.5. The van der Waals surface area contributed by atoms with E-state index in [2.05, 4.69) is 15.3 Å². The van der Waals surface area contributed by atoms with Crippen molar-refractivity contribution in [1.29, 1.82) is 0 Å². The van der Waals surface area contributed by atoms with Crippen molar-refractivity contribution in [2.24, 2.45) is 5.10 Å². The summed E-state index contributed by atoms with van der Waals surface area (Å²) in [7, 11) is 0. The molecule has 0 aliphatic heterocycles. The highest BCUT2D eigenvalue weighted by Gasteiger charge is 2.16. The van der Waals surface area contributed by atoms with E-state index in [0.29, 0.717) is 15.5 Å². The van der Waals surface area contributed by atoms with E-state index in [-0.39, 0.29) is 5.75 Å². The Kier molecular flexibility index (Phi) is 5.25. The minimum atomic E-state index is -2.94. The van der Waals surface area contributed by atoms with Gasteiger partial charge in [0.25, 0.3) is 5.91 Å². The summed E-state index contributed by atoms with van der Waals surface area (Å²) in [5.41, 5.74) is 2.65. The smallest absolute Gasteiger partial charge is 0.387 e. The van der Waals surface area contributed by atoms with Crippen molar-refractivity contribution in [3.05, 3.63) is 64.0 Å². The van der Waals surface area contributed by atoms with E-state index >= 15 is 0 Å². The Morgan fingerprint density at radius 3 is 2.68 bits per heavy atom. The molecule has 0 spiro atoms. The van der Waals surface area contributed by atoms with Crippen LogP contribution in [0.15, 0.2) is 53.6 Å². The van der Waals surface area contributed by atoms with E-state index in [1.807, 2.05) is 24.3 Å². The third-order valence-corrected chi connectivity index (χ3v) is 4.92. The fraction of sp³-hybridized carbons (Fsp3) is 0.0588. The Balaban J connectivity index is 1.76. The van der Waals surface area contributed by atoms with Gasteiger partial charge in [0.1, 0.15) is 10.6 Å². The third kappa shape index (κ3) is 3.94. The van der Waals surface area contributed by atoms with E-state index in [4.69, 9.17) is 11.6 Å². The molecular formula is C17H11ClF2N2O2S. The van der Waals surface area contributed by atoms with E-state index in [9.17, 15) is 13.6 Å². The molecule has 0 radical (unpaired) electrons. The number of nitrogens with one attached hydrogen (secondary N) is 1. The molecule has 0 atom stereocenters. The van der Waals surface area contributed by atoms with Crippen LogP contribution in [0, 0.1) is 0 Å². The molecule has 2 aromatic carbocycles. The molecule has 0 bridgehead atoms. The average Bonchev–Trinajstić information content (AvgIpc) is 2.93. The number of hydrazone groups is 1. The van der Waals surface area contributed by atoms with Crippen LogP contribution in [-0.2, 0) is 0 Å². The minimum Gasteiger partial charge on any atom is -0.434 e. The highest BCUT2D eigenvalue weighted by Crippen LogP contribution is 2.34. The molecule has 0 fully saturated rings. The van der Waals surface area contributed by atoms with Gasteiger partial charge in [0.15, 0.2) is 0 Å². The maximum atomic E-state index is 12.4. The first-order chi connectivity index (χ1) is 12.1. The highest BCUT2D eigenvalue weighted by molar-refractivity contribution is 7.21. The van der Waals surface area contributed by atoms with Crippen molar-refractivity contribution in [3.8, 4) is 5.75 Å². The monoisotopic (exact) mass is 380 g/mol. The Morgan fingerprint density at radius 2 is 1.92 bits per heavy atom. The van der Waals surface area contributed by atoms with Gasteiger partial charge in [0.05, 0.1) is 11.2 Å². The Labute approximate surface area is 150 Å². The van der Waals surface area contributed by atoms with Crippen molar-refractivity contribution < 1.29 is 18.3 Å². The van der Waals surface area contributed by atoms with Crippen LogP contribution < -0.4 is 10.2 Å². The van der Waals surface area contributed by atoms with Crippen molar-refractivity contribution in [2.75, 3.05) is 0 Å². The zero-order chi connectivity index (χ0) is 17.8. The average molecular weight is 381 g/mol. The molecule has 3 rings (SSSR count). The number of fused-ring (bicyclic) bond motifs is 1. The summed E-state index contributed by atoms with van der Waals surface area (Å²) in [6, 6.07) is 13.5. The topological polar surface area (TPSA) is 50.7 Å². The molecule has 0 aliphatic carbocycles. The molecule has 3 aromatic rings. The number of para-hydroxylation sites is 1. The molecule has 1 heterocycles. The van der Waals surface area contributed by atoms with Crippen LogP contribution >= 0.6 is 22.9 Å². The first-order valence-electron chi connectivity index (χ1n) is 7.10. The number of ether oxygens (including phenoxy) is 1. The molecular weight excluding hydrogens is 370 g/mol. The lowest BCUT2D eigenvalue weighted by atomic mass is 10.2. The van der Waals surface area contributed by atoms with Crippen LogP contribution in [0.2, 0.25) is 5.02 Å². The standard InChI is InChI=1S/C17H11ClF2N2O2S/c18-14-11-6-2-4-8-13(11)25-15(14)16(23)22-21-9-10-5-1-3-7-12(10)24-17(19)20/h1-9,17H,(H,22,23)/b21-9-. The van der Waals surface area contributed by atoms with Crippen molar-refractivity contribution in [1.82, 2.24) is 5.43 Å². The van der Waals surface area contributed by atoms with Crippen molar-refractivity contribution in [2.45, 2.75) is 6.61 Å². The summed E-state index contributed by atoms with van der Waals surface area (Å²) in [5.74, 6) is -0.509. The van der Waals surface area contributed by atoms with Gasteiger partial charge < -0.3 is 4.74 Å². The number of rotatable bonds is 5. The van der Waals surface area contributed by atoms with E-state index in [1.54, 1.807) is 18.2 Å². The second kappa shape index (κ2) is 7.58. The number of nitrogens with zero attached hydrogens (tertiary/aromatic N) is 1. The van der Waals surface area contributed by atoms with Crippen LogP contribution in [0.1, 0.15) is 15.2 Å². The first-order valence-corrected chi connectivity index (χ1v) is 8.30. The van der Waals surface area contributed by atoms with Gasteiger partial charge in [0.2, 0.25) is 0 Å². The second-order valence-corrected chi connectivity index (χ2v) is 6.29. The SMILES string of the molecule is O=C(N/N=C\c1ccccc1OC(F)F)c1sc2ccccc2c1Cl. The second-order valence-electron chi connectivity index (χ2n) is 4.86. The Bertz CT molecular complexity index is 943. The maximum absolute atomic E-state index is 12.4. The molecule has 0 aliphatic rings. The zero-order valence-electron chi connectivity index (χ0n) is 12.6. The van der Waals surface area contributed by atoms with Crippen molar-refractivity contribution in [3.63, 3.8) is 0 Å². The lowest BCUT2D eigenvalue weighted by molar-refractivity contribution is -0.0499. The van der Waals surface area contributed by atoms with Gasteiger partial charge in [-0.3, -0.25) is 4.79 Å². The number of benzene rings is 2. The van der Waals surface area contributed by atoms with Gasteiger partial charge in [-0.15, -0.1) is 11.3 Å². The molecule has 0 saturated heterocycles. The summed E-state index contributed by atoms with van der Waals surface area (Å²) in [4.78, 5) is 12.6. The molecule has 0 unspecified atom stereocenters. The van der Waals surface area contributed by atoms with Crippen LogP contribution in [0.25, 0.3) is 10.1 Å². The van der Waals surface area contributed by atoms with Gasteiger partial charge in [-0.05, 0) is 18.2 Å². The van der Waals surface area contributed by atoms with E-state index in [0.717, 1.165) is 10.1 Å². The van der Waals surface area contributed by atoms with Gasteiger partial charge in [0, 0.05) is 15.6 Å². The first kappa shape index (κ1) is 17.3. The van der Waals surface area contributed by atoms with Crippen LogP contribution in [-0.4, -0.2) is 18.7 Å². The lowest BCUT2D eigenvalue weighted by Crippen LogP contribution is -2.16. The molecule has 1 N–H and O–H groups in total. The number of hydrogen-bond acceptors (Lipinski definition) is 4. The Hall–Kier alpha value is -2.51. The van der Waals surface area contributed by atoms with Crippen LogP contribution in [0.3, 0.4) is 0 Å². The Morgan fingerprint density at radius 1 is 1.20 bits per heavy atom. The van der Waals surface area contributed by atoms with Crippen LogP contribution in [0.5, 0.6) is 5.75 Å². The van der Waals surface area contributed by atoms with Gasteiger partial charge in [-0.2, -0.15) is 13.9 Å². The molecule has 4 nitrogen and oxygen atoms in total. The van der Waals surface area contributed by atoms with Crippen molar-refractivity contribution >= 4 is 45.1 Å². The maximum Gasteiger partial charge on any atom is 0.387 e. The summed E-state index contributed by atoms with van der Waals surface area (Å²) in [6.07, 6.45) is 1.23. The molecule has 1 amide bonds. The predicted octanol–water partition coefficient (Wildman–Crippen LogP) is 4.92. The normalized spacial score (nSPS) is 11.4. The number of alkyl halides is 2. The number of halogens is 3. The van der Waals surface area contributed by atoms with Gasteiger partial charge in [-0.25, -0.2) is 5.43 Å². The zero-order valence-corrected chi connectivity index (χ0v) is 14.2. The fourth-order valence-corrected chi connectivity index (χ4v) is 3.57. The number of carbonyl (C=O) groups is 1. The number of hydrogen-bond donors (Lipinski definition) is 1. The third-order valence-electron chi connectivity index (χ3n) is 3.25. The fourth-order valence-electron chi connectivity index (χ4n) is 2.16. The quantitative estimate of drug-likeness (QED) is 0.504. The lowest BCUT2D eigenvalue weighted by Gasteiger charge is -2.06. The van der Waals surface area contributed by atoms with E-state index in [1.165, 1.54) is 23.6 Å². The summed E-state index contributed by atoms with van der Waals surface area (Å²) in [5, 5.41) is 4.94. The predicted molar refractivity (Wildman–Crippen MR) is 95.0 cm³/mol. The number of amides is 1. The molecule has 0 saturated carbocycles. The molecule has 128 valence electrons. The van der Waals surface area contributed by atoms with Crippen LogP contribution in [0.4, 0.5) is 8.78 Å². The molecule has 1 aromatic heterocycles. The summed E-state index contributed by atoms with van der Waals surface area (Å²) < 4.78 is 30.0. The summed E-state index contributed by atoms with van der Waals surface area (Å²) in [6.45, 7) is -2.94. The van der Waals surface area contributed by atoms with Gasteiger partial charge in [-0.1, -0.05) is 41.9 Å². The largest absolute Gasteiger partial charge is 0.434 e. The minimum absolute atomic E-state index is 0.0320. The number of carbonyl (C=O) groups excluding carboxylic acids is 1. The van der Waals surface area contributed by atoms with Gasteiger partial charge >= 0.3 is 6.61 Å². The van der Waals surface area contributed by atoms with E-state index < -0.39 is 12.5 Å². The molecule has 8 heteroatoms.